The minimum Gasteiger partial charge on any atom is -0.480 e. The summed E-state index contributed by atoms with van der Waals surface area (Å²) in [5.41, 5.74) is 0.778. The molecule has 0 unspecified atom stereocenters. The second-order valence-electron chi connectivity index (χ2n) is 4.09. The van der Waals surface area contributed by atoms with Crippen molar-refractivity contribution in [2.75, 3.05) is 13.4 Å². The number of hydrogen-bond acceptors (Lipinski definition) is 5. The van der Waals surface area contributed by atoms with Crippen molar-refractivity contribution in [3.8, 4) is 11.5 Å². The van der Waals surface area contributed by atoms with Crippen molar-refractivity contribution in [2.45, 2.75) is 12.6 Å². The van der Waals surface area contributed by atoms with Gasteiger partial charge in [-0.2, -0.15) is 0 Å². The Kier molecular flexibility index (Phi) is 4.26. The summed E-state index contributed by atoms with van der Waals surface area (Å²) in [5, 5.41) is 22.1. The Hall–Kier alpha value is -2.48. The number of aliphatic hydroxyl groups excluding tert-OH is 1. The summed E-state index contributed by atoms with van der Waals surface area (Å²) in [4.78, 5) is 22.1. The highest BCUT2D eigenvalue weighted by molar-refractivity contribution is 5.82. The topological polar surface area (TPSA) is 117 Å². The van der Waals surface area contributed by atoms with Gasteiger partial charge < -0.3 is 30.3 Å². The number of hydrogen-bond donors (Lipinski definition) is 4. The monoisotopic (exact) mass is 282 g/mol. The number of ether oxygens (including phenoxy) is 2. The molecule has 1 aliphatic rings. The van der Waals surface area contributed by atoms with E-state index < -0.39 is 24.6 Å². The number of nitrogens with one attached hydrogen (secondary N) is 2. The molecule has 0 spiro atoms. The van der Waals surface area contributed by atoms with Gasteiger partial charge in [-0.1, -0.05) is 6.07 Å². The molecule has 1 atom stereocenters. The fraction of sp³-hybridized carbons (Fsp3) is 0.333. The minimum absolute atomic E-state index is 0.170. The van der Waals surface area contributed by atoms with Gasteiger partial charge in [-0.15, -0.1) is 0 Å². The quantitative estimate of drug-likeness (QED) is 0.587. The average molecular weight is 282 g/mol. The SMILES string of the molecule is O=C(NCc1ccc2c(c1)OCO2)N[C@H](CO)C(=O)O. The number of urea groups is 1. The first kappa shape index (κ1) is 13.9. The highest BCUT2D eigenvalue weighted by Crippen LogP contribution is 2.32. The molecule has 2 rings (SSSR count). The maximum absolute atomic E-state index is 11.5. The van der Waals surface area contributed by atoms with Crippen LogP contribution < -0.4 is 20.1 Å². The Balaban J connectivity index is 1.85. The van der Waals surface area contributed by atoms with Crippen LogP contribution in [0.2, 0.25) is 0 Å². The van der Waals surface area contributed by atoms with Crippen molar-refractivity contribution >= 4 is 12.0 Å². The summed E-state index contributed by atoms with van der Waals surface area (Å²) in [5.74, 6) is -0.0568. The van der Waals surface area contributed by atoms with E-state index in [4.69, 9.17) is 19.7 Å². The van der Waals surface area contributed by atoms with Crippen LogP contribution in [0.4, 0.5) is 4.79 Å². The molecule has 20 heavy (non-hydrogen) atoms. The van der Waals surface area contributed by atoms with E-state index >= 15 is 0 Å². The molecule has 0 saturated heterocycles. The van der Waals surface area contributed by atoms with Crippen molar-refractivity contribution in [3.05, 3.63) is 23.8 Å². The number of rotatable bonds is 5. The average Bonchev–Trinajstić information content (AvgIpc) is 2.89. The minimum atomic E-state index is -1.33. The zero-order valence-electron chi connectivity index (χ0n) is 10.5. The molecule has 0 radical (unpaired) electrons. The van der Waals surface area contributed by atoms with Crippen LogP contribution in [-0.4, -0.2) is 41.7 Å². The lowest BCUT2D eigenvalue weighted by Gasteiger charge is -2.12. The van der Waals surface area contributed by atoms with Crippen LogP contribution in [0.5, 0.6) is 11.5 Å². The van der Waals surface area contributed by atoms with Crippen LogP contribution in [0.15, 0.2) is 18.2 Å². The van der Waals surface area contributed by atoms with Crippen molar-refractivity contribution in [2.24, 2.45) is 0 Å². The first-order chi connectivity index (χ1) is 9.60. The van der Waals surface area contributed by atoms with E-state index in [9.17, 15) is 9.59 Å². The lowest BCUT2D eigenvalue weighted by Crippen LogP contribution is -2.47. The Morgan fingerprint density at radius 2 is 2.05 bits per heavy atom. The summed E-state index contributed by atoms with van der Waals surface area (Å²) in [6.07, 6.45) is 0. The summed E-state index contributed by atoms with van der Waals surface area (Å²) >= 11 is 0. The van der Waals surface area contributed by atoms with Gasteiger partial charge in [-0.05, 0) is 17.7 Å². The molecular weight excluding hydrogens is 268 g/mol. The molecule has 0 aliphatic carbocycles. The van der Waals surface area contributed by atoms with E-state index in [0.717, 1.165) is 5.56 Å². The van der Waals surface area contributed by atoms with Crippen LogP contribution >= 0.6 is 0 Å². The van der Waals surface area contributed by atoms with Gasteiger partial charge in [0.1, 0.15) is 0 Å². The Labute approximate surface area is 114 Å². The fourth-order valence-electron chi connectivity index (χ4n) is 1.63. The Morgan fingerprint density at radius 1 is 1.30 bits per heavy atom. The highest BCUT2D eigenvalue weighted by atomic mass is 16.7. The van der Waals surface area contributed by atoms with Crippen LogP contribution in [0.1, 0.15) is 5.56 Å². The van der Waals surface area contributed by atoms with Gasteiger partial charge in [0.05, 0.1) is 6.61 Å². The molecular formula is C12H14N2O6. The Bertz CT molecular complexity index is 519. The zero-order chi connectivity index (χ0) is 14.5. The number of fused-ring (bicyclic) bond motifs is 1. The van der Waals surface area contributed by atoms with Gasteiger partial charge in [0, 0.05) is 6.54 Å². The van der Waals surface area contributed by atoms with Gasteiger partial charge in [0.25, 0.3) is 0 Å². The largest absolute Gasteiger partial charge is 0.480 e. The van der Waals surface area contributed by atoms with Gasteiger partial charge >= 0.3 is 12.0 Å². The third kappa shape index (κ3) is 3.29. The smallest absolute Gasteiger partial charge is 0.328 e. The standard InChI is InChI=1S/C12H14N2O6/c15-5-8(11(16)17)14-12(18)13-4-7-1-2-9-10(3-7)20-6-19-9/h1-3,8,15H,4-6H2,(H,16,17)(H2,13,14,18)/t8-/m1/s1. The van der Waals surface area contributed by atoms with Crippen LogP contribution in [0, 0.1) is 0 Å². The van der Waals surface area contributed by atoms with Crippen LogP contribution in [-0.2, 0) is 11.3 Å². The summed E-state index contributed by atoms with van der Waals surface area (Å²) in [6, 6.07) is 3.21. The van der Waals surface area contributed by atoms with E-state index in [1.165, 1.54) is 0 Å². The maximum Gasteiger partial charge on any atom is 0.328 e. The second-order valence-corrected chi connectivity index (χ2v) is 4.09. The number of aliphatic hydroxyl groups is 1. The summed E-state index contributed by atoms with van der Waals surface area (Å²) in [7, 11) is 0. The van der Waals surface area contributed by atoms with Gasteiger partial charge in [0.15, 0.2) is 17.5 Å². The van der Waals surface area contributed by atoms with E-state index in [1.807, 2.05) is 0 Å². The molecule has 1 aromatic carbocycles. The van der Waals surface area contributed by atoms with E-state index in [1.54, 1.807) is 18.2 Å². The normalized spacial score (nSPS) is 13.7. The number of benzene rings is 1. The number of carbonyl (C=O) groups excluding carboxylic acids is 1. The lowest BCUT2D eigenvalue weighted by atomic mass is 10.2. The first-order valence-electron chi connectivity index (χ1n) is 5.86. The molecule has 4 N–H and O–H groups in total. The van der Waals surface area contributed by atoms with E-state index in [-0.39, 0.29) is 13.3 Å². The molecule has 1 aromatic rings. The first-order valence-corrected chi connectivity index (χ1v) is 5.86. The Morgan fingerprint density at radius 3 is 2.75 bits per heavy atom. The van der Waals surface area contributed by atoms with Crippen LogP contribution in [0.25, 0.3) is 0 Å². The maximum atomic E-state index is 11.5. The van der Waals surface area contributed by atoms with Crippen molar-refractivity contribution in [1.29, 1.82) is 0 Å². The molecule has 1 heterocycles. The highest BCUT2D eigenvalue weighted by Gasteiger charge is 2.18. The molecule has 0 aromatic heterocycles. The molecule has 8 nitrogen and oxygen atoms in total. The molecule has 8 heteroatoms. The van der Waals surface area contributed by atoms with Crippen molar-refractivity contribution < 1.29 is 29.3 Å². The molecule has 2 amide bonds. The van der Waals surface area contributed by atoms with E-state index in [2.05, 4.69) is 10.6 Å². The second kappa shape index (κ2) is 6.11. The summed E-state index contributed by atoms with van der Waals surface area (Å²) < 4.78 is 10.4. The zero-order valence-corrected chi connectivity index (χ0v) is 10.5. The van der Waals surface area contributed by atoms with E-state index in [0.29, 0.717) is 11.5 Å². The van der Waals surface area contributed by atoms with Gasteiger partial charge in [-0.3, -0.25) is 0 Å². The predicted octanol–water partition coefficient (Wildman–Crippen LogP) is -0.340. The third-order valence-electron chi connectivity index (χ3n) is 2.68. The number of carboxylic acids is 1. The molecule has 0 fully saturated rings. The number of amides is 2. The number of carboxylic acid groups (broad SMARTS) is 1. The number of carbonyl (C=O) groups is 2. The van der Waals surface area contributed by atoms with Crippen LogP contribution in [0.3, 0.4) is 0 Å². The predicted molar refractivity (Wildman–Crippen MR) is 66.4 cm³/mol. The molecule has 0 bridgehead atoms. The van der Waals surface area contributed by atoms with Gasteiger partial charge in [-0.25, -0.2) is 9.59 Å². The number of aliphatic carboxylic acids is 1. The third-order valence-corrected chi connectivity index (χ3v) is 2.68. The molecule has 108 valence electrons. The molecule has 0 saturated carbocycles. The molecule has 1 aliphatic heterocycles. The van der Waals surface area contributed by atoms with Crippen molar-refractivity contribution in [1.82, 2.24) is 10.6 Å². The fourth-order valence-corrected chi connectivity index (χ4v) is 1.63. The van der Waals surface area contributed by atoms with Gasteiger partial charge in [0.2, 0.25) is 6.79 Å². The van der Waals surface area contributed by atoms with Crippen molar-refractivity contribution in [3.63, 3.8) is 0 Å². The summed E-state index contributed by atoms with van der Waals surface area (Å²) in [6.45, 7) is -0.309. The lowest BCUT2D eigenvalue weighted by molar-refractivity contribution is -0.140.